The maximum atomic E-state index is 8.65. The Labute approximate surface area is 88.9 Å². The normalized spacial score (nSPS) is 9.27. The highest BCUT2D eigenvalue weighted by Crippen LogP contribution is 2.23. The van der Waals surface area contributed by atoms with Gasteiger partial charge in [0.1, 0.15) is 11.5 Å². The first-order valence-electron chi connectivity index (χ1n) is 3.96. The highest BCUT2D eigenvalue weighted by Gasteiger charge is 1.92. The Bertz CT molecular complexity index is 272. The van der Waals surface area contributed by atoms with Gasteiger partial charge in [0.15, 0.2) is 0 Å². The molecule has 0 saturated carbocycles. The first kappa shape index (κ1) is 13.9. The number of phenolic OH excluding ortho intramolecular Hbond substituents is 2. The quantitative estimate of drug-likeness (QED) is 0.468. The van der Waals surface area contributed by atoms with Crippen LogP contribution in [-0.4, -0.2) is 26.6 Å². The molecule has 15 heavy (non-hydrogen) atoms. The number of phenols is 2. The first-order valence-corrected chi connectivity index (χ1v) is 5.12. The van der Waals surface area contributed by atoms with Crippen molar-refractivity contribution in [3.8, 4) is 11.5 Å². The van der Waals surface area contributed by atoms with Crippen molar-refractivity contribution in [2.75, 3.05) is 6.61 Å². The highest BCUT2D eigenvalue weighted by atomic mass is 31.2. The van der Waals surface area contributed by atoms with Crippen LogP contribution in [0.25, 0.3) is 0 Å². The second-order valence-electron chi connectivity index (χ2n) is 2.36. The van der Waals surface area contributed by atoms with Gasteiger partial charge in [-0.3, -0.25) is 0 Å². The van der Waals surface area contributed by atoms with Crippen molar-refractivity contribution in [1.29, 1.82) is 0 Å². The van der Waals surface area contributed by atoms with Crippen molar-refractivity contribution in [2.45, 2.75) is 0 Å². The number of hydrogen-bond acceptors (Lipinski definition) is 5. The van der Waals surface area contributed by atoms with Crippen LogP contribution in [0.2, 0.25) is 0 Å². The minimum atomic E-state index is -2.18. The van der Waals surface area contributed by atoms with Crippen LogP contribution < -0.4 is 0 Å². The molecule has 0 amide bonds. The van der Waals surface area contributed by atoms with Crippen molar-refractivity contribution in [2.24, 2.45) is 0 Å². The van der Waals surface area contributed by atoms with Crippen molar-refractivity contribution in [3.05, 3.63) is 36.9 Å². The van der Waals surface area contributed by atoms with Gasteiger partial charge in [-0.2, -0.15) is 0 Å². The summed E-state index contributed by atoms with van der Waals surface area (Å²) in [6.07, 6.45) is 1.45. The standard InChI is InChI=1S/C6H6O2.C3H7O3P/c7-5-2-1-3-6(8)4-5;1-2-3-6-7(4)5/h1-4,7-8H;2,4-5H,1,3H2. The maximum absolute atomic E-state index is 8.65. The monoisotopic (exact) mass is 232 g/mol. The summed E-state index contributed by atoms with van der Waals surface area (Å²) in [5.74, 6) is 0.176. The second kappa shape index (κ2) is 8.20. The smallest absolute Gasteiger partial charge is 0.327 e. The van der Waals surface area contributed by atoms with Gasteiger partial charge in [-0.25, -0.2) is 0 Å². The van der Waals surface area contributed by atoms with E-state index < -0.39 is 8.60 Å². The zero-order valence-corrected chi connectivity index (χ0v) is 8.84. The summed E-state index contributed by atoms with van der Waals surface area (Å²) >= 11 is 0. The zero-order chi connectivity index (χ0) is 11.7. The molecule has 0 spiro atoms. The first-order chi connectivity index (χ1) is 7.06. The summed E-state index contributed by atoms with van der Waals surface area (Å²) in [4.78, 5) is 16.1. The summed E-state index contributed by atoms with van der Waals surface area (Å²) in [5.41, 5.74) is 0. The number of rotatable bonds is 3. The minimum absolute atomic E-state index is 0.0880. The summed E-state index contributed by atoms with van der Waals surface area (Å²) < 4.78 is 4.25. The van der Waals surface area contributed by atoms with Gasteiger partial charge in [0, 0.05) is 6.07 Å². The Morgan fingerprint density at radius 1 is 1.27 bits per heavy atom. The maximum Gasteiger partial charge on any atom is 0.327 e. The largest absolute Gasteiger partial charge is 0.508 e. The van der Waals surface area contributed by atoms with Gasteiger partial charge in [-0.1, -0.05) is 12.1 Å². The molecule has 0 aliphatic carbocycles. The molecule has 0 atom stereocenters. The van der Waals surface area contributed by atoms with E-state index in [4.69, 9.17) is 20.0 Å². The van der Waals surface area contributed by atoms with Crippen molar-refractivity contribution in [1.82, 2.24) is 0 Å². The van der Waals surface area contributed by atoms with Gasteiger partial charge in [0.2, 0.25) is 0 Å². The Morgan fingerprint density at radius 2 is 1.80 bits per heavy atom. The lowest BCUT2D eigenvalue weighted by Crippen LogP contribution is -1.80. The van der Waals surface area contributed by atoms with E-state index in [1.54, 1.807) is 6.07 Å². The average Bonchev–Trinajstić information content (AvgIpc) is 2.15. The number of benzene rings is 1. The molecule has 1 rings (SSSR count). The van der Waals surface area contributed by atoms with Crippen molar-refractivity contribution in [3.63, 3.8) is 0 Å². The van der Waals surface area contributed by atoms with E-state index in [2.05, 4.69) is 11.1 Å². The van der Waals surface area contributed by atoms with Crippen LogP contribution in [0.4, 0.5) is 0 Å². The Balaban J connectivity index is 0.000000265. The fourth-order valence-corrected chi connectivity index (χ4v) is 0.851. The van der Waals surface area contributed by atoms with Gasteiger partial charge >= 0.3 is 8.60 Å². The molecule has 0 fully saturated rings. The topological polar surface area (TPSA) is 90.2 Å². The Hall–Kier alpha value is -1.13. The lowest BCUT2D eigenvalue weighted by Gasteiger charge is -1.96. The van der Waals surface area contributed by atoms with Gasteiger partial charge < -0.3 is 24.5 Å². The molecule has 0 bridgehead atoms. The molecule has 1 aromatic carbocycles. The molecule has 6 heteroatoms. The summed E-state index contributed by atoms with van der Waals surface area (Å²) in [6, 6.07) is 5.85. The molecule has 84 valence electrons. The van der Waals surface area contributed by atoms with E-state index in [1.165, 1.54) is 24.3 Å². The van der Waals surface area contributed by atoms with Gasteiger partial charge in [-0.15, -0.1) is 6.58 Å². The fourth-order valence-electron chi connectivity index (χ4n) is 0.612. The molecule has 4 N–H and O–H groups in total. The number of hydrogen-bond donors (Lipinski definition) is 4. The molecule has 0 aliphatic rings. The fraction of sp³-hybridized carbons (Fsp3) is 0.111. The third-order valence-corrected chi connectivity index (χ3v) is 1.52. The molecule has 0 radical (unpaired) electrons. The summed E-state index contributed by atoms with van der Waals surface area (Å²) in [6.45, 7) is 3.49. The summed E-state index contributed by atoms with van der Waals surface area (Å²) in [7, 11) is -2.18. The van der Waals surface area contributed by atoms with Crippen LogP contribution in [0.3, 0.4) is 0 Å². The lowest BCUT2D eigenvalue weighted by atomic mass is 10.3. The van der Waals surface area contributed by atoms with Gasteiger partial charge in [-0.05, 0) is 12.1 Å². The van der Waals surface area contributed by atoms with E-state index in [9.17, 15) is 0 Å². The highest BCUT2D eigenvalue weighted by molar-refractivity contribution is 7.39. The predicted octanol–water partition coefficient (Wildman–Crippen LogP) is 1.50. The van der Waals surface area contributed by atoms with Gasteiger partial charge in [0.25, 0.3) is 0 Å². The lowest BCUT2D eigenvalue weighted by molar-refractivity contribution is 0.282. The molecule has 5 nitrogen and oxygen atoms in total. The molecular weight excluding hydrogens is 219 g/mol. The molecule has 0 unspecified atom stereocenters. The van der Waals surface area contributed by atoms with E-state index >= 15 is 0 Å². The molecule has 0 heterocycles. The van der Waals surface area contributed by atoms with Crippen LogP contribution in [0.1, 0.15) is 0 Å². The van der Waals surface area contributed by atoms with E-state index in [1.807, 2.05) is 0 Å². The molecule has 1 aromatic rings. The zero-order valence-electron chi connectivity index (χ0n) is 7.95. The molecule has 0 saturated heterocycles. The van der Waals surface area contributed by atoms with Crippen LogP contribution in [0.15, 0.2) is 36.9 Å². The van der Waals surface area contributed by atoms with Gasteiger partial charge in [0.05, 0.1) is 6.61 Å². The van der Waals surface area contributed by atoms with Crippen LogP contribution in [-0.2, 0) is 4.52 Å². The van der Waals surface area contributed by atoms with E-state index in [0.29, 0.717) is 0 Å². The number of aromatic hydroxyl groups is 2. The third-order valence-electron chi connectivity index (χ3n) is 1.14. The van der Waals surface area contributed by atoms with Crippen molar-refractivity contribution < 1.29 is 24.5 Å². The molecule has 0 aromatic heterocycles. The summed E-state index contributed by atoms with van der Waals surface area (Å²) in [5, 5.41) is 17.3. The van der Waals surface area contributed by atoms with Crippen LogP contribution >= 0.6 is 8.60 Å². The molecular formula is C9H13O5P. The Morgan fingerprint density at radius 3 is 2.00 bits per heavy atom. The van der Waals surface area contributed by atoms with Crippen LogP contribution in [0, 0.1) is 0 Å². The minimum Gasteiger partial charge on any atom is -0.508 e. The van der Waals surface area contributed by atoms with Crippen LogP contribution in [0.5, 0.6) is 11.5 Å². The predicted molar refractivity (Wildman–Crippen MR) is 57.3 cm³/mol. The SMILES string of the molecule is C=CCOP(O)O.Oc1cccc(O)c1. The second-order valence-corrected chi connectivity index (χ2v) is 3.12. The van der Waals surface area contributed by atoms with E-state index in [-0.39, 0.29) is 18.1 Å². The molecule has 0 aliphatic heterocycles. The average molecular weight is 232 g/mol. The third kappa shape index (κ3) is 9.18. The van der Waals surface area contributed by atoms with Crippen molar-refractivity contribution >= 4 is 8.60 Å². The Kier molecular flexibility index (Phi) is 7.58. The van der Waals surface area contributed by atoms with E-state index in [0.717, 1.165) is 0 Å².